The van der Waals surface area contributed by atoms with Crippen LogP contribution in [-0.2, 0) is 0 Å². The molecule has 0 radical (unpaired) electrons. The largest absolute Gasteiger partial charge is 0.365 e. The number of carbonyl (C=O) groups is 2. The lowest BCUT2D eigenvalue weighted by molar-refractivity contribution is -0.250. The standard InChI is InChI=1S/C76H104N10O6/c1-51-22-26-55(27-23-51)79(58-34-38-61(39-35-58)81(63-43-69(2,3)83(89)70(4,5)44-63)64-45-71(6,7)84(90)72(8,9)46-64)57-30-32-59(33-31-57)80(56-28-24-54(25-29-56)78-68(88)53-21-19-20-52(42-53)67(87)77-18)60-36-40-62(41-37-60)82(65-47-73(10,11)85(91)74(12,13)48-65)66-49-75(14,15)86(92)76(16,17)50-66/h19-42,63-66,89-92H,43-50H2,1-18H3,(H,77,87)(H,78,88). The van der Waals surface area contributed by atoms with Crippen LogP contribution in [0, 0.1) is 6.92 Å². The van der Waals surface area contributed by atoms with E-state index >= 15 is 0 Å². The van der Waals surface area contributed by atoms with Crippen molar-refractivity contribution in [1.82, 2.24) is 25.6 Å². The number of nitrogens with one attached hydrogen (secondary N) is 2. The fourth-order valence-corrected chi connectivity index (χ4v) is 16.8. The summed E-state index contributed by atoms with van der Waals surface area (Å²) in [7, 11) is 1.57. The van der Waals surface area contributed by atoms with Crippen molar-refractivity contribution < 1.29 is 30.4 Å². The predicted molar refractivity (Wildman–Crippen MR) is 373 cm³/mol. The molecule has 0 aliphatic carbocycles. The van der Waals surface area contributed by atoms with E-state index in [-0.39, 0.29) is 36.0 Å². The van der Waals surface area contributed by atoms with E-state index in [4.69, 9.17) is 0 Å². The monoisotopic (exact) mass is 1250 g/mol. The first kappa shape index (κ1) is 68.0. The molecule has 92 heavy (non-hydrogen) atoms. The summed E-state index contributed by atoms with van der Waals surface area (Å²) in [4.78, 5) is 36.0. The maximum atomic E-state index is 13.7. The fraction of sp³-hybridized carbons (Fsp3) is 0.500. The molecule has 6 N–H and O–H groups in total. The molecular weight excluding hydrogens is 1150 g/mol. The maximum absolute atomic E-state index is 13.7. The van der Waals surface area contributed by atoms with Crippen LogP contribution in [0.25, 0.3) is 0 Å². The lowest BCUT2D eigenvalue weighted by Gasteiger charge is -2.59. The van der Waals surface area contributed by atoms with Gasteiger partial charge in [0.05, 0.1) is 0 Å². The van der Waals surface area contributed by atoms with Crippen molar-refractivity contribution in [2.24, 2.45) is 0 Å². The molecule has 4 aliphatic rings. The van der Waals surface area contributed by atoms with E-state index in [2.05, 4.69) is 245 Å². The number of benzene rings is 6. The molecule has 494 valence electrons. The van der Waals surface area contributed by atoms with Gasteiger partial charge in [0.2, 0.25) is 0 Å². The molecule has 0 atom stereocenters. The van der Waals surface area contributed by atoms with Gasteiger partial charge < -0.3 is 51.1 Å². The molecule has 0 unspecified atom stereocenters. The SMILES string of the molecule is CNC(=O)c1cccc(C(=O)Nc2ccc(N(c3ccc(N(c4ccc(C)cc4)c4ccc(N(C5CC(C)(C)N(O)C(C)(C)C5)C5CC(C)(C)N(O)C(C)(C)C5)cc4)cc3)c3ccc(N(C4CC(C)(C)N(O)C(C)(C)C4)C4CC(C)(C)N(O)C(C)(C)C4)cc3)cc2)c1. The van der Waals surface area contributed by atoms with Crippen LogP contribution in [0.3, 0.4) is 0 Å². The minimum Gasteiger partial charge on any atom is -0.365 e. The molecule has 10 rings (SSSR count). The molecule has 4 fully saturated rings. The minimum atomic E-state index is -0.500. The zero-order valence-corrected chi connectivity index (χ0v) is 58.0. The molecule has 16 heteroatoms. The number of nitrogens with zero attached hydrogens (tertiary/aromatic N) is 8. The Morgan fingerprint density at radius 3 is 0.848 bits per heavy atom. The van der Waals surface area contributed by atoms with Crippen molar-refractivity contribution in [3.63, 3.8) is 0 Å². The van der Waals surface area contributed by atoms with Crippen molar-refractivity contribution in [2.45, 2.75) is 238 Å². The van der Waals surface area contributed by atoms with Gasteiger partial charge in [-0.2, -0.15) is 20.3 Å². The molecule has 16 nitrogen and oxygen atoms in total. The highest BCUT2D eigenvalue weighted by atomic mass is 16.5. The number of carbonyl (C=O) groups excluding carboxylic acids is 2. The smallest absolute Gasteiger partial charge is 0.255 e. The topological polar surface area (TPSA) is 165 Å². The third-order valence-corrected chi connectivity index (χ3v) is 20.5. The molecule has 0 spiro atoms. The molecule has 6 aromatic rings. The predicted octanol–water partition coefficient (Wildman–Crippen LogP) is 16.8. The molecule has 0 bridgehead atoms. The lowest BCUT2D eigenvalue weighted by atomic mass is 9.74. The van der Waals surface area contributed by atoms with E-state index in [1.54, 1.807) is 51.6 Å². The van der Waals surface area contributed by atoms with E-state index in [9.17, 15) is 30.4 Å². The molecule has 2 amide bonds. The zero-order valence-electron chi connectivity index (χ0n) is 58.0. The number of rotatable bonds is 15. The maximum Gasteiger partial charge on any atom is 0.255 e. The van der Waals surface area contributed by atoms with Crippen molar-refractivity contribution in [2.75, 3.05) is 32.0 Å². The summed E-state index contributed by atoms with van der Waals surface area (Å²) in [6.45, 7) is 36.2. The molecule has 6 aromatic carbocycles. The molecule has 4 heterocycles. The van der Waals surface area contributed by atoms with Crippen LogP contribution in [-0.4, -0.2) is 128 Å². The van der Waals surface area contributed by atoms with Gasteiger partial charge in [0.1, 0.15) is 0 Å². The second-order valence-electron chi connectivity index (χ2n) is 32.0. The Hall–Kier alpha value is -6.86. The summed E-state index contributed by atoms with van der Waals surface area (Å²) in [6.07, 6.45) is 5.99. The number of piperidine rings is 4. The Labute approximate surface area is 548 Å². The Kier molecular flexibility index (Phi) is 18.3. The first-order valence-electron chi connectivity index (χ1n) is 33.1. The lowest BCUT2D eigenvalue weighted by Crippen LogP contribution is -2.67. The number of aryl methyl sites for hydroxylation is 1. The van der Waals surface area contributed by atoms with Crippen LogP contribution < -0.4 is 30.2 Å². The zero-order chi connectivity index (χ0) is 67.1. The van der Waals surface area contributed by atoms with Gasteiger partial charge in [-0.25, -0.2) is 0 Å². The van der Waals surface area contributed by atoms with Gasteiger partial charge in [0.15, 0.2) is 0 Å². The van der Waals surface area contributed by atoms with Crippen LogP contribution in [0.5, 0.6) is 0 Å². The number of hydrogen-bond donors (Lipinski definition) is 6. The first-order valence-corrected chi connectivity index (χ1v) is 33.1. The van der Waals surface area contributed by atoms with E-state index in [1.165, 1.54) is 0 Å². The highest BCUT2D eigenvalue weighted by molar-refractivity contribution is 6.06. The summed E-state index contributed by atoms with van der Waals surface area (Å²) < 4.78 is 0. The van der Waals surface area contributed by atoms with E-state index in [1.807, 2.05) is 24.3 Å². The highest BCUT2D eigenvalue weighted by Gasteiger charge is 2.54. The van der Waals surface area contributed by atoms with Gasteiger partial charge in [0, 0.05) is 138 Å². The second kappa shape index (κ2) is 24.8. The molecule has 0 saturated carbocycles. The second-order valence-corrected chi connectivity index (χ2v) is 32.0. The van der Waals surface area contributed by atoms with E-state index in [0.29, 0.717) is 16.8 Å². The van der Waals surface area contributed by atoms with Crippen molar-refractivity contribution in [1.29, 1.82) is 0 Å². The summed E-state index contributed by atoms with van der Waals surface area (Å²) in [5, 5.41) is 58.1. The third-order valence-electron chi connectivity index (χ3n) is 20.5. The van der Waals surface area contributed by atoms with Gasteiger partial charge in [-0.05, 0) is 296 Å². The van der Waals surface area contributed by atoms with Crippen molar-refractivity contribution >= 4 is 63.0 Å². The van der Waals surface area contributed by atoms with Gasteiger partial charge in [-0.15, -0.1) is 0 Å². The van der Waals surface area contributed by atoms with Crippen LogP contribution >= 0.6 is 0 Å². The first-order chi connectivity index (χ1) is 42.8. The number of amides is 2. The quantitative estimate of drug-likeness (QED) is 0.0575. The van der Waals surface area contributed by atoms with Gasteiger partial charge >= 0.3 is 0 Å². The van der Waals surface area contributed by atoms with Gasteiger partial charge in [0.25, 0.3) is 11.8 Å². The van der Waals surface area contributed by atoms with Crippen LogP contribution in [0.1, 0.15) is 188 Å². The van der Waals surface area contributed by atoms with Crippen LogP contribution in [0.4, 0.5) is 51.2 Å². The van der Waals surface area contributed by atoms with E-state index < -0.39 is 44.3 Å². The van der Waals surface area contributed by atoms with Crippen LogP contribution in [0.15, 0.2) is 146 Å². The summed E-state index contributed by atoms with van der Waals surface area (Å²) >= 11 is 0. The Balaban J connectivity index is 1.04. The number of hydrogen-bond acceptors (Lipinski definition) is 14. The normalized spacial score (nSPS) is 21.7. The van der Waals surface area contributed by atoms with Crippen molar-refractivity contribution in [3.8, 4) is 0 Å². The Morgan fingerprint density at radius 1 is 0.359 bits per heavy atom. The number of hydroxylamine groups is 8. The van der Waals surface area contributed by atoms with Gasteiger partial charge in [-0.1, -0.05) is 23.8 Å². The van der Waals surface area contributed by atoms with E-state index in [0.717, 1.165) is 102 Å². The summed E-state index contributed by atoms with van der Waals surface area (Å²) in [5.41, 5.74) is 6.45. The highest BCUT2D eigenvalue weighted by Crippen LogP contribution is 2.50. The molecule has 4 aliphatic heterocycles. The summed E-state index contributed by atoms with van der Waals surface area (Å²) in [5.74, 6) is -0.603. The molecular formula is C76H104N10O6. The average Bonchev–Trinajstić information content (AvgIpc) is 0.758. The Bertz CT molecular complexity index is 3430. The minimum absolute atomic E-state index is 0.0792. The van der Waals surface area contributed by atoms with Gasteiger partial charge in [-0.3, -0.25) is 9.59 Å². The molecule has 0 aromatic heterocycles. The van der Waals surface area contributed by atoms with Crippen LogP contribution in [0.2, 0.25) is 0 Å². The summed E-state index contributed by atoms with van der Waals surface area (Å²) in [6, 6.07) is 50.0. The number of anilines is 9. The average molecular weight is 1250 g/mol. The Morgan fingerprint density at radius 2 is 0.587 bits per heavy atom. The fourth-order valence-electron chi connectivity index (χ4n) is 16.8. The van der Waals surface area contributed by atoms with Crippen molar-refractivity contribution in [3.05, 3.63) is 162 Å². The third kappa shape index (κ3) is 13.6. The molecule has 4 saturated heterocycles.